The van der Waals surface area contributed by atoms with Crippen LogP contribution in [0, 0.1) is 0 Å². The minimum atomic E-state index is -0.00677. The number of thioether (sulfide) groups is 1. The van der Waals surface area contributed by atoms with Crippen molar-refractivity contribution in [1.29, 1.82) is 0 Å². The van der Waals surface area contributed by atoms with Crippen molar-refractivity contribution in [3.05, 3.63) is 89.6 Å². The van der Waals surface area contributed by atoms with Gasteiger partial charge in [-0.05, 0) is 41.8 Å². The normalized spacial score (nSPS) is 10.7. The molecule has 2 aromatic carbocycles. The third kappa shape index (κ3) is 8.08. The second kappa shape index (κ2) is 13.2. The first-order valence-electron chi connectivity index (χ1n) is 10.9. The van der Waals surface area contributed by atoms with E-state index >= 15 is 0 Å². The SMILES string of the molecule is CCCCCCSNC(=O)c1ccc(CSCc2ccc(-c3ccccn3)cc2)cc1. The molecule has 0 saturated heterocycles. The maximum absolute atomic E-state index is 12.2. The Balaban J connectivity index is 1.38. The van der Waals surface area contributed by atoms with Crippen LogP contribution in [0.1, 0.15) is 54.1 Å². The van der Waals surface area contributed by atoms with Crippen molar-refractivity contribution in [3.8, 4) is 11.3 Å². The minimum absolute atomic E-state index is 0.00677. The fourth-order valence-electron chi connectivity index (χ4n) is 3.12. The Kier molecular flexibility index (Phi) is 10.00. The van der Waals surface area contributed by atoms with Crippen LogP contribution in [0.3, 0.4) is 0 Å². The van der Waals surface area contributed by atoms with Gasteiger partial charge < -0.3 is 0 Å². The van der Waals surface area contributed by atoms with E-state index in [4.69, 9.17) is 0 Å². The monoisotopic (exact) mass is 450 g/mol. The van der Waals surface area contributed by atoms with Crippen LogP contribution in [-0.2, 0) is 11.5 Å². The Hall–Kier alpha value is -2.24. The Morgan fingerprint density at radius 2 is 1.58 bits per heavy atom. The lowest BCUT2D eigenvalue weighted by atomic mass is 10.1. The standard InChI is InChI=1S/C26H30N2OS2/c1-2-3-4-7-18-31-28-26(29)24-15-11-22(12-16-24)20-30-19-21-9-13-23(14-10-21)25-8-5-6-17-27-25/h5-6,8-17H,2-4,7,18-20H2,1H3,(H,28,29). The fourth-order valence-corrected chi connectivity index (χ4v) is 4.78. The van der Waals surface area contributed by atoms with Crippen molar-refractivity contribution in [1.82, 2.24) is 9.71 Å². The zero-order valence-electron chi connectivity index (χ0n) is 18.0. The first kappa shape index (κ1) is 23.4. The molecule has 162 valence electrons. The summed E-state index contributed by atoms with van der Waals surface area (Å²) in [5, 5.41) is 0. The van der Waals surface area contributed by atoms with E-state index in [0.717, 1.165) is 40.5 Å². The average Bonchev–Trinajstić information content (AvgIpc) is 2.82. The van der Waals surface area contributed by atoms with Gasteiger partial charge in [-0.3, -0.25) is 14.5 Å². The van der Waals surface area contributed by atoms with E-state index in [2.05, 4.69) is 53.0 Å². The first-order chi connectivity index (χ1) is 15.3. The lowest BCUT2D eigenvalue weighted by Gasteiger charge is -2.07. The van der Waals surface area contributed by atoms with Crippen LogP contribution >= 0.6 is 23.7 Å². The maximum Gasteiger partial charge on any atom is 0.261 e. The Morgan fingerprint density at radius 1 is 0.871 bits per heavy atom. The summed E-state index contributed by atoms with van der Waals surface area (Å²) in [5.74, 6) is 2.85. The predicted molar refractivity (Wildman–Crippen MR) is 135 cm³/mol. The number of nitrogens with zero attached hydrogens (tertiary/aromatic N) is 1. The lowest BCUT2D eigenvalue weighted by molar-refractivity contribution is 0.0984. The number of carbonyl (C=O) groups excluding carboxylic acids is 1. The van der Waals surface area contributed by atoms with Gasteiger partial charge in [-0.25, -0.2) is 0 Å². The number of aromatic nitrogens is 1. The summed E-state index contributed by atoms with van der Waals surface area (Å²) in [6, 6.07) is 22.5. The van der Waals surface area contributed by atoms with E-state index in [1.54, 1.807) is 0 Å². The van der Waals surface area contributed by atoms with Crippen LogP contribution in [0.5, 0.6) is 0 Å². The number of rotatable bonds is 12. The van der Waals surface area contributed by atoms with E-state index in [1.165, 1.54) is 42.3 Å². The molecule has 3 nitrogen and oxygen atoms in total. The van der Waals surface area contributed by atoms with Gasteiger partial charge in [0.2, 0.25) is 0 Å². The molecule has 0 fully saturated rings. The zero-order chi connectivity index (χ0) is 21.7. The molecule has 3 aromatic rings. The summed E-state index contributed by atoms with van der Waals surface area (Å²) in [4.78, 5) is 16.6. The minimum Gasteiger partial charge on any atom is -0.296 e. The molecule has 1 N–H and O–H groups in total. The van der Waals surface area contributed by atoms with Crippen molar-refractivity contribution < 1.29 is 4.79 Å². The number of pyridine rings is 1. The molecule has 0 spiro atoms. The molecule has 0 unspecified atom stereocenters. The summed E-state index contributed by atoms with van der Waals surface area (Å²) in [5.41, 5.74) is 5.40. The van der Waals surface area contributed by atoms with Gasteiger partial charge in [0, 0.05) is 34.6 Å². The molecule has 0 aliphatic heterocycles. The Labute approximate surface area is 194 Å². The number of benzene rings is 2. The summed E-state index contributed by atoms with van der Waals surface area (Å²) < 4.78 is 2.94. The number of unbranched alkanes of at least 4 members (excludes halogenated alkanes) is 3. The molecule has 1 aromatic heterocycles. The molecule has 31 heavy (non-hydrogen) atoms. The van der Waals surface area contributed by atoms with Gasteiger partial charge in [-0.1, -0.05) is 80.6 Å². The Morgan fingerprint density at radius 3 is 2.23 bits per heavy atom. The van der Waals surface area contributed by atoms with Crippen LogP contribution in [0.4, 0.5) is 0 Å². The van der Waals surface area contributed by atoms with Crippen molar-refractivity contribution in [2.45, 2.75) is 44.1 Å². The smallest absolute Gasteiger partial charge is 0.261 e. The molecular weight excluding hydrogens is 420 g/mol. The van der Waals surface area contributed by atoms with Gasteiger partial charge >= 0.3 is 0 Å². The summed E-state index contributed by atoms with van der Waals surface area (Å²) in [6.07, 6.45) is 6.72. The zero-order valence-corrected chi connectivity index (χ0v) is 19.7. The fraction of sp³-hybridized carbons (Fsp3) is 0.308. The van der Waals surface area contributed by atoms with E-state index in [0.29, 0.717) is 0 Å². The average molecular weight is 451 g/mol. The highest BCUT2D eigenvalue weighted by Crippen LogP contribution is 2.22. The van der Waals surface area contributed by atoms with E-state index in [9.17, 15) is 4.79 Å². The topological polar surface area (TPSA) is 42.0 Å². The van der Waals surface area contributed by atoms with Crippen LogP contribution in [0.25, 0.3) is 11.3 Å². The highest BCUT2D eigenvalue weighted by atomic mass is 32.2. The molecule has 0 radical (unpaired) electrons. The number of hydrogen-bond donors (Lipinski definition) is 1. The van der Waals surface area contributed by atoms with Crippen molar-refractivity contribution in [2.75, 3.05) is 5.75 Å². The van der Waals surface area contributed by atoms with Gasteiger partial charge in [0.15, 0.2) is 0 Å². The van der Waals surface area contributed by atoms with Gasteiger partial charge in [0.05, 0.1) is 5.69 Å². The predicted octanol–water partition coefficient (Wildman–Crippen LogP) is 7.14. The van der Waals surface area contributed by atoms with Gasteiger partial charge in [0.1, 0.15) is 0 Å². The maximum atomic E-state index is 12.2. The molecule has 5 heteroatoms. The number of carbonyl (C=O) groups is 1. The first-order valence-corrected chi connectivity index (χ1v) is 13.0. The van der Waals surface area contributed by atoms with E-state index in [1.807, 2.05) is 48.3 Å². The second-order valence-corrected chi connectivity index (χ2v) is 9.33. The number of amides is 1. The quantitative estimate of drug-likeness (QED) is 0.235. The van der Waals surface area contributed by atoms with Crippen LogP contribution in [0.2, 0.25) is 0 Å². The van der Waals surface area contributed by atoms with Crippen LogP contribution in [-0.4, -0.2) is 16.6 Å². The molecule has 1 amide bonds. The lowest BCUT2D eigenvalue weighted by Crippen LogP contribution is -2.16. The third-order valence-corrected chi connectivity index (χ3v) is 6.83. The molecule has 0 aliphatic rings. The third-order valence-electron chi connectivity index (χ3n) is 4.93. The molecule has 0 atom stereocenters. The Bertz CT molecular complexity index is 912. The molecule has 3 rings (SSSR count). The van der Waals surface area contributed by atoms with Crippen LogP contribution in [0.15, 0.2) is 72.9 Å². The largest absolute Gasteiger partial charge is 0.296 e. The molecule has 0 aliphatic carbocycles. The van der Waals surface area contributed by atoms with Crippen molar-refractivity contribution in [2.24, 2.45) is 0 Å². The van der Waals surface area contributed by atoms with Gasteiger partial charge in [-0.15, -0.1) is 0 Å². The van der Waals surface area contributed by atoms with Gasteiger partial charge in [-0.2, -0.15) is 11.8 Å². The number of hydrogen-bond acceptors (Lipinski definition) is 4. The highest BCUT2D eigenvalue weighted by molar-refractivity contribution is 7.98. The van der Waals surface area contributed by atoms with E-state index < -0.39 is 0 Å². The molecule has 0 bridgehead atoms. The van der Waals surface area contributed by atoms with Crippen LogP contribution < -0.4 is 4.72 Å². The number of nitrogens with one attached hydrogen (secondary N) is 1. The van der Waals surface area contributed by atoms with Crippen molar-refractivity contribution in [3.63, 3.8) is 0 Å². The van der Waals surface area contributed by atoms with Gasteiger partial charge in [0.25, 0.3) is 5.91 Å². The highest BCUT2D eigenvalue weighted by Gasteiger charge is 2.05. The van der Waals surface area contributed by atoms with Crippen molar-refractivity contribution >= 4 is 29.6 Å². The molecule has 1 heterocycles. The summed E-state index contributed by atoms with van der Waals surface area (Å²) in [7, 11) is 0. The summed E-state index contributed by atoms with van der Waals surface area (Å²) in [6.45, 7) is 2.21. The second-order valence-electron chi connectivity index (χ2n) is 7.44. The molecule has 0 saturated carbocycles. The summed E-state index contributed by atoms with van der Waals surface area (Å²) >= 11 is 3.39. The molecular formula is C26H30N2OS2. The van der Waals surface area contributed by atoms with E-state index in [-0.39, 0.29) is 5.91 Å².